The van der Waals surface area contributed by atoms with Crippen LogP contribution in [0.1, 0.15) is 18.1 Å². The van der Waals surface area contributed by atoms with Crippen LogP contribution in [0.3, 0.4) is 0 Å². The lowest BCUT2D eigenvalue weighted by molar-refractivity contribution is -0.140. The van der Waals surface area contributed by atoms with Gasteiger partial charge in [0.25, 0.3) is 5.91 Å². The molecule has 0 unspecified atom stereocenters. The molecule has 14 heavy (non-hydrogen) atoms. The molecule has 1 amide bonds. The molecule has 0 spiro atoms. The molecule has 74 valence electrons. The lowest BCUT2D eigenvalue weighted by Gasteiger charge is -2.11. The molecule has 0 N–H and O–H groups in total. The third-order valence-corrected chi connectivity index (χ3v) is 2.15. The van der Waals surface area contributed by atoms with Crippen molar-refractivity contribution in [2.75, 3.05) is 6.54 Å². The number of carbonyl (C=O) groups excluding carboxylic acids is 2. The zero-order chi connectivity index (χ0) is 10.1. The Labute approximate surface area is 80.7 Å². The van der Waals surface area contributed by atoms with E-state index in [1.54, 1.807) is 13.1 Å². The zero-order valence-electron chi connectivity index (χ0n) is 7.82. The highest BCUT2D eigenvalue weighted by molar-refractivity contribution is 6.37. The molecule has 1 aromatic rings. The molecule has 0 aliphatic carbocycles. The van der Waals surface area contributed by atoms with Gasteiger partial charge >= 0.3 is 0 Å². The number of likely N-dealkylation sites (tertiary alicyclic amines) is 1. The molecule has 2 rings (SSSR count). The molecule has 1 aliphatic heterocycles. The summed E-state index contributed by atoms with van der Waals surface area (Å²) in [7, 11) is 0. The van der Waals surface area contributed by atoms with Crippen molar-refractivity contribution in [2.45, 2.75) is 19.9 Å². The summed E-state index contributed by atoms with van der Waals surface area (Å²) in [5.74, 6) is 0.448. The van der Waals surface area contributed by atoms with E-state index in [-0.39, 0.29) is 5.78 Å². The highest BCUT2D eigenvalue weighted by atomic mass is 16.4. The molecule has 1 aliphatic rings. The first-order chi connectivity index (χ1) is 6.66. The molecule has 1 aromatic heterocycles. The fourth-order valence-electron chi connectivity index (χ4n) is 1.44. The van der Waals surface area contributed by atoms with Crippen molar-refractivity contribution in [2.24, 2.45) is 0 Å². The SMILES string of the molecule is Cc1ncc(CN2CCC(=O)C2=O)o1. The lowest BCUT2D eigenvalue weighted by atomic mass is 10.3. The summed E-state index contributed by atoms with van der Waals surface area (Å²) >= 11 is 0. The van der Waals surface area contributed by atoms with Crippen molar-refractivity contribution in [3.05, 3.63) is 17.8 Å². The second-order valence-corrected chi connectivity index (χ2v) is 3.25. The molecule has 0 bridgehead atoms. The Morgan fingerprint density at radius 3 is 2.86 bits per heavy atom. The summed E-state index contributed by atoms with van der Waals surface area (Å²) in [6.45, 7) is 2.56. The first-order valence-electron chi connectivity index (χ1n) is 4.40. The predicted octanol–water partition coefficient (Wildman–Crippen LogP) is 0.284. The number of nitrogens with zero attached hydrogens (tertiary/aromatic N) is 2. The topological polar surface area (TPSA) is 63.4 Å². The average Bonchev–Trinajstić information content (AvgIpc) is 2.67. The number of amides is 1. The Hall–Kier alpha value is -1.65. The highest BCUT2D eigenvalue weighted by Gasteiger charge is 2.29. The van der Waals surface area contributed by atoms with Crippen LogP contribution in [0.15, 0.2) is 10.6 Å². The smallest absolute Gasteiger partial charge is 0.290 e. The Bertz CT molecular complexity index is 383. The summed E-state index contributed by atoms with van der Waals surface area (Å²) in [5, 5.41) is 0. The van der Waals surface area contributed by atoms with Crippen LogP contribution in [0.2, 0.25) is 0 Å². The van der Waals surface area contributed by atoms with Crippen molar-refractivity contribution in [3.63, 3.8) is 0 Å². The van der Waals surface area contributed by atoms with Crippen LogP contribution in [0.5, 0.6) is 0 Å². The van der Waals surface area contributed by atoms with Crippen molar-refractivity contribution in [1.82, 2.24) is 9.88 Å². The molecule has 0 radical (unpaired) electrons. The molecule has 0 aromatic carbocycles. The second kappa shape index (κ2) is 3.25. The van der Waals surface area contributed by atoms with Gasteiger partial charge < -0.3 is 9.32 Å². The van der Waals surface area contributed by atoms with Crippen LogP contribution in [0.4, 0.5) is 0 Å². The number of hydrogen-bond donors (Lipinski definition) is 0. The Kier molecular flexibility index (Phi) is 2.07. The molecule has 0 atom stereocenters. The van der Waals surface area contributed by atoms with Crippen LogP contribution in [-0.4, -0.2) is 28.1 Å². The number of oxazole rings is 1. The van der Waals surface area contributed by atoms with Crippen LogP contribution in [-0.2, 0) is 16.1 Å². The van der Waals surface area contributed by atoms with Gasteiger partial charge in [-0.3, -0.25) is 9.59 Å². The summed E-state index contributed by atoms with van der Waals surface area (Å²) in [4.78, 5) is 27.6. The van der Waals surface area contributed by atoms with Crippen LogP contribution >= 0.6 is 0 Å². The van der Waals surface area contributed by atoms with Gasteiger partial charge in [-0.1, -0.05) is 0 Å². The van der Waals surface area contributed by atoms with Crippen LogP contribution in [0, 0.1) is 6.92 Å². The van der Waals surface area contributed by atoms with Gasteiger partial charge in [0, 0.05) is 19.9 Å². The summed E-state index contributed by atoms with van der Waals surface area (Å²) < 4.78 is 5.21. The van der Waals surface area contributed by atoms with E-state index >= 15 is 0 Å². The van der Waals surface area contributed by atoms with Crippen LogP contribution in [0.25, 0.3) is 0 Å². The maximum absolute atomic E-state index is 11.2. The summed E-state index contributed by atoms with van der Waals surface area (Å²) in [6, 6.07) is 0. The molecule has 0 saturated carbocycles. The lowest BCUT2D eigenvalue weighted by Crippen LogP contribution is -2.26. The van der Waals surface area contributed by atoms with Gasteiger partial charge in [-0.05, 0) is 0 Å². The van der Waals surface area contributed by atoms with Crippen molar-refractivity contribution < 1.29 is 14.0 Å². The van der Waals surface area contributed by atoms with E-state index in [9.17, 15) is 9.59 Å². The minimum atomic E-state index is -0.418. The van der Waals surface area contributed by atoms with Gasteiger partial charge in [0.1, 0.15) is 5.76 Å². The second-order valence-electron chi connectivity index (χ2n) is 3.25. The van der Waals surface area contributed by atoms with E-state index in [1.807, 2.05) is 0 Å². The summed E-state index contributed by atoms with van der Waals surface area (Å²) in [5.41, 5.74) is 0. The normalized spacial score (nSPS) is 16.8. The third-order valence-electron chi connectivity index (χ3n) is 2.15. The monoisotopic (exact) mass is 194 g/mol. The number of Topliss-reactive ketones (excluding diaryl/α,β-unsaturated/α-hetero) is 1. The van der Waals surface area contributed by atoms with E-state index in [0.717, 1.165) is 0 Å². The maximum atomic E-state index is 11.2. The number of aromatic nitrogens is 1. The van der Waals surface area contributed by atoms with Gasteiger partial charge in [0.05, 0.1) is 12.7 Å². The standard InChI is InChI=1S/C9H10N2O3/c1-6-10-4-7(14-6)5-11-3-2-8(12)9(11)13/h4H,2-3,5H2,1H3. The Balaban J connectivity index is 2.05. The number of hydrogen-bond acceptors (Lipinski definition) is 4. The number of rotatable bonds is 2. The molecular formula is C9H10N2O3. The van der Waals surface area contributed by atoms with Gasteiger partial charge in [0.2, 0.25) is 5.78 Å². The van der Waals surface area contributed by atoms with E-state index in [2.05, 4.69) is 4.98 Å². The van der Waals surface area contributed by atoms with E-state index in [4.69, 9.17) is 4.42 Å². The van der Waals surface area contributed by atoms with E-state index in [1.165, 1.54) is 4.90 Å². The first kappa shape index (κ1) is 8.93. The van der Waals surface area contributed by atoms with E-state index < -0.39 is 5.91 Å². The van der Waals surface area contributed by atoms with Crippen LogP contribution < -0.4 is 0 Å². The molecule has 2 heterocycles. The fourth-order valence-corrected chi connectivity index (χ4v) is 1.44. The first-order valence-corrected chi connectivity index (χ1v) is 4.40. The minimum Gasteiger partial charge on any atom is -0.444 e. The van der Waals surface area contributed by atoms with Crippen molar-refractivity contribution in [1.29, 1.82) is 0 Å². The minimum absolute atomic E-state index is 0.311. The Morgan fingerprint density at radius 2 is 2.36 bits per heavy atom. The maximum Gasteiger partial charge on any atom is 0.290 e. The largest absolute Gasteiger partial charge is 0.444 e. The summed E-state index contributed by atoms with van der Waals surface area (Å²) in [6.07, 6.45) is 1.89. The number of carbonyl (C=O) groups is 2. The van der Waals surface area contributed by atoms with Gasteiger partial charge in [-0.25, -0.2) is 4.98 Å². The quantitative estimate of drug-likeness (QED) is 0.634. The predicted molar refractivity (Wildman–Crippen MR) is 46.3 cm³/mol. The molecular weight excluding hydrogens is 184 g/mol. The van der Waals surface area contributed by atoms with Crippen molar-refractivity contribution >= 4 is 11.7 Å². The van der Waals surface area contributed by atoms with Gasteiger partial charge in [-0.15, -0.1) is 0 Å². The fraction of sp³-hybridized carbons (Fsp3) is 0.444. The highest BCUT2D eigenvalue weighted by Crippen LogP contribution is 2.12. The van der Waals surface area contributed by atoms with Gasteiger partial charge in [0.15, 0.2) is 5.89 Å². The average molecular weight is 194 g/mol. The number of ketones is 1. The molecule has 1 saturated heterocycles. The third kappa shape index (κ3) is 1.53. The zero-order valence-corrected chi connectivity index (χ0v) is 7.82. The molecule has 5 nitrogen and oxygen atoms in total. The molecule has 1 fully saturated rings. The van der Waals surface area contributed by atoms with Crippen molar-refractivity contribution in [3.8, 4) is 0 Å². The Morgan fingerprint density at radius 1 is 1.57 bits per heavy atom. The van der Waals surface area contributed by atoms with Gasteiger partial charge in [-0.2, -0.15) is 0 Å². The van der Waals surface area contributed by atoms with E-state index in [0.29, 0.717) is 31.2 Å². The molecule has 5 heteroatoms. The number of aryl methyl sites for hydroxylation is 1.